The molecule has 0 fully saturated rings. The lowest BCUT2D eigenvalue weighted by molar-refractivity contribution is -0.176. The molecule has 0 saturated heterocycles. The van der Waals surface area contributed by atoms with Crippen molar-refractivity contribution >= 4 is 5.97 Å². The van der Waals surface area contributed by atoms with Gasteiger partial charge < -0.3 is 9.84 Å². The normalized spacial score (nSPS) is 14.9. The van der Waals surface area contributed by atoms with Crippen LogP contribution in [0.1, 0.15) is 30.6 Å². The first-order valence-corrected chi connectivity index (χ1v) is 7.33. The Kier molecular flexibility index (Phi) is 5.31. The van der Waals surface area contributed by atoms with Crippen LogP contribution in [-0.4, -0.2) is 18.1 Å². The topological polar surface area (TPSA) is 58.6 Å². The molecule has 0 amide bonds. The summed E-state index contributed by atoms with van der Waals surface area (Å²) in [6.45, 7) is 1.92. The summed E-state index contributed by atoms with van der Waals surface area (Å²) in [4.78, 5) is 12.3. The Balaban J connectivity index is 2.23. The van der Waals surface area contributed by atoms with Crippen molar-refractivity contribution in [3.63, 3.8) is 0 Å². The molecular formula is C18H21NO3. The highest BCUT2D eigenvalue weighted by atomic mass is 16.6. The first-order valence-electron chi connectivity index (χ1n) is 7.33. The molecular weight excluding hydrogens is 278 g/mol. The first-order chi connectivity index (χ1) is 10.6. The Hall–Kier alpha value is -2.17. The number of nitrogens with one attached hydrogen (secondary N) is 1. The lowest BCUT2D eigenvalue weighted by Gasteiger charge is -2.33. The number of esters is 1. The molecule has 4 nitrogen and oxygen atoms in total. The van der Waals surface area contributed by atoms with E-state index in [0.29, 0.717) is 12.0 Å². The largest absolute Gasteiger partial charge is 0.437 e. The zero-order valence-corrected chi connectivity index (χ0v) is 12.8. The number of aliphatic hydroxyl groups excluding tert-OH is 1. The number of hydrogen-bond donors (Lipinski definition) is 2. The van der Waals surface area contributed by atoms with Gasteiger partial charge in [-0.15, -0.1) is 0 Å². The van der Waals surface area contributed by atoms with Crippen molar-refractivity contribution in [3.05, 3.63) is 71.8 Å². The predicted molar refractivity (Wildman–Crippen MR) is 85.0 cm³/mol. The maximum atomic E-state index is 12.3. The van der Waals surface area contributed by atoms with Crippen LogP contribution in [0, 0.1) is 0 Å². The molecule has 0 radical (unpaired) electrons. The molecule has 2 aromatic rings. The third-order valence-corrected chi connectivity index (χ3v) is 3.76. The van der Waals surface area contributed by atoms with Gasteiger partial charge in [-0.1, -0.05) is 67.6 Å². The second kappa shape index (κ2) is 7.20. The maximum Gasteiger partial charge on any atom is 0.341 e. The Bertz CT molecular complexity index is 594. The molecule has 0 aliphatic rings. The van der Waals surface area contributed by atoms with Gasteiger partial charge in [0, 0.05) is 12.0 Å². The van der Waals surface area contributed by atoms with Gasteiger partial charge in [-0.25, -0.2) is 4.79 Å². The van der Waals surface area contributed by atoms with E-state index in [0.717, 1.165) is 5.56 Å². The van der Waals surface area contributed by atoms with E-state index in [4.69, 9.17) is 4.74 Å². The van der Waals surface area contributed by atoms with Crippen molar-refractivity contribution in [1.82, 2.24) is 5.32 Å². The van der Waals surface area contributed by atoms with Crippen molar-refractivity contribution in [2.75, 3.05) is 7.05 Å². The van der Waals surface area contributed by atoms with E-state index in [1.807, 2.05) is 43.3 Å². The number of rotatable bonds is 6. The molecule has 22 heavy (non-hydrogen) atoms. The van der Waals surface area contributed by atoms with E-state index in [1.54, 1.807) is 31.3 Å². The van der Waals surface area contributed by atoms with Crippen LogP contribution in [0.15, 0.2) is 60.7 Å². The van der Waals surface area contributed by atoms with Crippen LogP contribution in [0.3, 0.4) is 0 Å². The van der Waals surface area contributed by atoms with Crippen LogP contribution in [0.25, 0.3) is 0 Å². The highest BCUT2D eigenvalue weighted by Crippen LogP contribution is 2.28. The highest BCUT2D eigenvalue weighted by molar-refractivity contribution is 5.76. The molecule has 0 bridgehead atoms. The summed E-state index contributed by atoms with van der Waals surface area (Å²) in [7, 11) is 1.73. The Morgan fingerprint density at radius 3 is 2.18 bits per heavy atom. The third-order valence-electron chi connectivity index (χ3n) is 3.76. The summed E-state index contributed by atoms with van der Waals surface area (Å²) in [5, 5.41) is 13.3. The molecule has 116 valence electrons. The summed E-state index contributed by atoms with van der Waals surface area (Å²) in [6.07, 6.45) is -0.759. The molecule has 0 aromatic heterocycles. The smallest absolute Gasteiger partial charge is 0.341 e. The molecule has 2 rings (SSSR count). The number of benzene rings is 2. The van der Waals surface area contributed by atoms with Crippen molar-refractivity contribution < 1.29 is 14.6 Å². The van der Waals surface area contributed by atoms with Crippen molar-refractivity contribution in [2.45, 2.75) is 25.2 Å². The number of hydrogen-bond acceptors (Lipinski definition) is 4. The fourth-order valence-electron chi connectivity index (χ4n) is 2.41. The van der Waals surface area contributed by atoms with Crippen LogP contribution in [-0.2, 0) is 15.3 Å². The van der Waals surface area contributed by atoms with Gasteiger partial charge in [-0.05, 0) is 12.6 Å². The average molecular weight is 299 g/mol. The molecule has 0 saturated carbocycles. The highest BCUT2D eigenvalue weighted by Gasteiger charge is 2.35. The number of carbonyl (C=O) groups excluding carboxylic acids is 1. The van der Waals surface area contributed by atoms with E-state index >= 15 is 0 Å². The van der Waals surface area contributed by atoms with E-state index in [1.165, 1.54) is 0 Å². The molecule has 0 heterocycles. The van der Waals surface area contributed by atoms with Gasteiger partial charge in [-0.2, -0.15) is 0 Å². The van der Waals surface area contributed by atoms with E-state index in [2.05, 4.69) is 5.32 Å². The van der Waals surface area contributed by atoms with Crippen molar-refractivity contribution in [1.29, 1.82) is 0 Å². The summed E-state index contributed by atoms with van der Waals surface area (Å²) >= 11 is 0. The van der Waals surface area contributed by atoms with E-state index in [-0.39, 0.29) is 0 Å². The summed E-state index contributed by atoms with van der Waals surface area (Å²) in [6, 6.07) is 18.2. The Labute approximate surface area is 130 Å². The van der Waals surface area contributed by atoms with E-state index < -0.39 is 17.8 Å². The van der Waals surface area contributed by atoms with Gasteiger partial charge in [-0.3, -0.25) is 5.32 Å². The second-order valence-electron chi connectivity index (χ2n) is 5.03. The SMILES string of the molecule is CCC(NC)(OC(=O)C(O)c1ccccc1)c1ccccc1. The fraction of sp³-hybridized carbons (Fsp3) is 0.278. The molecule has 2 N–H and O–H groups in total. The summed E-state index contributed by atoms with van der Waals surface area (Å²) < 4.78 is 5.64. The fourth-order valence-corrected chi connectivity index (χ4v) is 2.41. The quantitative estimate of drug-likeness (QED) is 0.636. The van der Waals surface area contributed by atoms with Gasteiger partial charge in [0.1, 0.15) is 0 Å². The first kappa shape index (κ1) is 16.2. The zero-order chi connectivity index (χ0) is 16.0. The Morgan fingerprint density at radius 1 is 1.14 bits per heavy atom. The summed E-state index contributed by atoms with van der Waals surface area (Å²) in [5.41, 5.74) is 0.406. The minimum Gasteiger partial charge on any atom is -0.437 e. The number of ether oxygens (including phenoxy) is 1. The number of aliphatic hydroxyl groups is 1. The zero-order valence-electron chi connectivity index (χ0n) is 12.8. The summed E-state index contributed by atoms with van der Waals surface area (Å²) in [5.74, 6) is -0.675. The van der Waals surface area contributed by atoms with Crippen molar-refractivity contribution in [2.24, 2.45) is 0 Å². The van der Waals surface area contributed by atoms with Crippen molar-refractivity contribution in [3.8, 4) is 0 Å². The van der Waals surface area contributed by atoms with Crippen LogP contribution < -0.4 is 5.32 Å². The maximum absolute atomic E-state index is 12.3. The van der Waals surface area contributed by atoms with Gasteiger partial charge in [0.05, 0.1) is 0 Å². The molecule has 4 heteroatoms. The molecule has 2 atom stereocenters. The van der Waals surface area contributed by atoms with Gasteiger partial charge >= 0.3 is 5.97 Å². The minimum absolute atomic E-state index is 0.515. The molecule has 0 aliphatic carbocycles. The van der Waals surface area contributed by atoms with Crippen LogP contribution in [0.2, 0.25) is 0 Å². The van der Waals surface area contributed by atoms with Crippen LogP contribution in [0.5, 0.6) is 0 Å². The molecule has 0 spiro atoms. The second-order valence-corrected chi connectivity index (χ2v) is 5.03. The molecule has 0 aliphatic heterocycles. The minimum atomic E-state index is -1.30. The van der Waals surface area contributed by atoms with Crippen LogP contribution in [0.4, 0.5) is 0 Å². The third kappa shape index (κ3) is 3.35. The monoisotopic (exact) mass is 299 g/mol. The standard InChI is InChI=1S/C18H21NO3/c1-3-18(19-2,15-12-8-5-9-13-15)22-17(21)16(20)14-10-6-4-7-11-14/h4-13,16,19-20H,3H2,1-2H3. The average Bonchev–Trinajstić information content (AvgIpc) is 2.60. The van der Waals surface area contributed by atoms with Gasteiger partial charge in [0.2, 0.25) is 0 Å². The lowest BCUT2D eigenvalue weighted by atomic mass is 9.99. The van der Waals surface area contributed by atoms with Gasteiger partial charge in [0.25, 0.3) is 0 Å². The lowest BCUT2D eigenvalue weighted by Crippen LogP contribution is -2.44. The predicted octanol–water partition coefficient (Wildman–Crippen LogP) is 2.75. The number of carbonyl (C=O) groups is 1. The molecule has 2 aromatic carbocycles. The van der Waals surface area contributed by atoms with Crippen LogP contribution >= 0.6 is 0 Å². The van der Waals surface area contributed by atoms with E-state index in [9.17, 15) is 9.90 Å². The Morgan fingerprint density at radius 2 is 1.68 bits per heavy atom. The van der Waals surface area contributed by atoms with Gasteiger partial charge in [0.15, 0.2) is 11.8 Å². The molecule has 2 unspecified atom stereocenters.